The first kappa shape index (κ1) is 14.2. The first-order valence-corrected chi connectivity index (χ1v) is 5.61. The fraction of sp³-hybridized carbons (Fsp3) is 0.385. The number of benzene rings is 1. The minimum Gasteiger partial charge on any atom is -0.467 e. The van der Waals surface area contributed by atoms with Crippen LogP contribution in [-0.2, 0) is 14.3 Å². The topological polar surface area (TPSA) is 58.6 Å². The van der Waals surface area contributed by atoms with Crippen molar-refractivity contribution in [2.45, 2.75) is 6.04 Å². The number of ether oxygens (including phenoxy) is 1. The van der Waals surface area contributed by atoms with Gasteiger partial charge in [0, 0.05) is 0 Å². The fourth-order valence-electron chi connectivity index (χ4n) is 1.54. The highest BCUT2D eigenvalue weighted by Crippen LogP contribution is 2.13. The lowest BCUT2D eigenvalue weighted by molar-refractivity contribution is -0.145. The van der Waals surface area contributed by atoms with Crippen molar-refractivity contribution in [3.8, 4) is 0 Å². The van der Waals surface area contributed by atoms with E-state index in [1.807, 2.05) is 18.2 Å². The van der Waals surface area contributed by atoms with Crippen molar-refractivity contribution in [2.24, 2.45) is 0 Å². The summed E-state index contributed by atoms with van der Waals surface area (Å²) in [6.45, 7) is 0.223. The molecule has 18 heavy (non-hydrogen) atoms. The average Bonchev–Trinajstić information content (AvgIpc) is 2.35. The van der Waals surface area contributed by atoms with Crippen molar-refractivity contribution in [1.29, 1.82) is 0 Å². The fourth-order valence-corrected chi connectivity index (χ4v) is 1.54. The van der Waals surface area contributed by atoms with Crippen LogP contribution in [0.2, 0.25) is 0 Å². The van der Waals surface area contributed by atoms with Gasteiger partial charge in [-0.1, -0.05) is 30.3 Å². The second-order valence-electron chi connectivity index (χ2n) is 4.17. The first-order chi connectivity index (χ1) is 8.54. The molecule has 0 radical (unpaired) electrons. The van der Waals surface area contributed by atoms with E-state index in [1.54, 1.807) is 31.1 Å². The van der Waals surface area contributed by atoms with Crippen molar-refractivity contribution < 1.29 is 14.3 Å². The van der Waals surface area contributed by atoms with Gasteiger partial charge in [-0.2, -0.15) is 0 Å². The third kappa shape index (κ3) is 4.18. The maximum absolute atomic E-state index is 11.7. The number of methoxy groups -OCH3 is 1. The van der Waals surface area contributed by atoms with Crippen LogP contribution in [0.25, 0.3) is 0 Å². The Morgan fingerprint density at radius 1 is 1.28 bits per heavy atom. The van der Waals surface area contributed by atoms with Gasteiger partial charge in [-0.15, -0.1) is 0 Å². The Morgan fingerprint density at radius 3 is 2.39 bits per heavy atom. The molecule has 0 aliphatic heterocycles. The molecule has 0 saturated heterocycles. The lowest BCUT2D eigenvalue weighted by Gasteiger charge is -2.18. The Labute approximate surface area is 107 Å². The maximum Gasteiger partial charge on any atom is 0.333 e. The van der Waals surface area contributed by atoms with Crippen molar-refractivity contribution in [1.82, 2.24) is 10.2 Å². The molecule has 5 nitrogen and oxygen atoms in total. The number of carbonyl (C=O) groups is 2. The van der Waals surface area contributed by atoms with Gasteiger partial charge in [-0.05, 0) is 19.7 Å². The quantitative estimate of drug-likeness (QED) is 0.777. The minimum absolute atomic E-state index is 0.223. The molecule has 0 heterocycles. The van der Waals surface area contributed by atoms with Crippen LogP contribution in [0.1, 0.15) is 11.6 Å². The number of carbonyl (C=O) groups excluding carboxylic acids is 2. The molecule has 0 saturated carbocycles. The predicted molar refractivity (Wildman–Crippen MR) is 67.9 cm³/mol. The number of nitrogens with zero attached hydrogens (tertiary/aromatic N) is 1. The summed E-state index contributed by atoms with van der Waals surface area (Å²) in [4.78, 5) is 25.1. The molecule has 1 aromatic rings. The van der Waals surface area contributed by atoms with Crippen LogP contribution >= 0.6 is 0 Å². The lowest BCUT2D eigenvalue weighted by Crippen LogP contribution is -2.39. The number of hydrogen-bond acceptors (Lipinski definition) is 4. The van der Waals surface area contributed by atoms with Crippen LogP contribution in [0, 0.1) is 0 Å². The summed E-state index contributed by atoms with van der Waals surface area (Å²) in [5, 5.41) is 2.66. The van der Waals surface area contributed by atoms with E-state index in [9.17, 15) is 9.59 Å². The number of likely N-dealkylation sites (N-methyl/N-ethyl adjacent to an activating group) is 1. The molecule has 5 heteroatoms. The predicted octanol–water partition coefficient (Wildman–Crippen LogP) is 0.579. The average molecular weight is 250 g/mol. The monoisotopic (exact) mass is 250 g/mol. The Hall–Kier alpha value is -1.88. The van der Waals surface area contributed by atoms with E-state index in [0.717, 1.165) is 0 Å². The van der Waals surface area contributed by atoms with Crippen molar-refractivity contribution >= 4 is 11.9 Å². The molecule has 0 aliphatic carbocycles. The largest absolute Gasteiger partial charge is 0.467 e. The Morgan fingerprint density at radius 2 is 1.89 bits per heavy atom. The molecule has 1 rings (SSSR count). The second kappa shape index (κ2) is 6.76. The van der Waals surface area contributed by atoms with Crippen LogP contribution in [0.3, 0.4) is 0 Å². The summed E-state index contributed by atoms with van der Waals surface area (Å²) in [5.74, 6) is -0.701. The van der Waals surface area contributed by atoms with Crippen molar-refractivity contribution in [3.63, 3.8) is 0 Å². The molecule has 0 fully saturated rings. The molecule has 1 N–H and O–H groups in total. The third-order valence-corrected chi connectivity index (χ3v) is 2.33. The van der Waals surface area contributed by atoms with Gasteiger partial charge in [-0.25, -0.2) is 4.79 Å². The molecular weight excluding hydrogens is 232 g/mol. The summed E-state index contributed by atoms with van der Waals surface area (Å²) < 4.78 is 4.71. The van der Waals surface area contributed by atoms with Crippen molar-refractivity contribution in [2.75, 3.05) is 27.7 Å². The molecule has 1 unspecified atom stereocenters. The van der Waals surface area contributed by atoms with Crippen LogP contribution in [0.4, 0.5) is 0 Å². The molecule has 98 valence electrons. The van der Waals surface area contributed by atoms with Gasteiger partial charge in [0.15, 0.2) is 6.04 Å². The Bertz CT molecular complexity index is 404. The highest BCUT2D eigenvalue weighted by atomic mass is 16.5. The van der Waals surface area contributed by atoms with Gasteiger partial charge in [-0.3, -0.25) is 4.79 Å². The van der Waals surface area contributed by atoms with Gasteiger partial charge in [0.1, 0.15) is 0 Å². The number of esters is 1. The van der Waals surface area contributed by atoms with Gasteiger partial charge < -0.3 is 15.0 Å². The molecule has 0 spiro atoms. The zero-order valence-electron chi connectivity index (χ0n) is 10.8. The van der Waals surface area contributed by atoms with E-state index in [2.05, 4.69) is 5.32 Å². The lowest BCUT2D eigenvalue weighted by atomic mass is 10.1. The zero-order valence-corrected chi connectivity index (χ0v) is 10.8. The summed E-state index contributed by atoms with van der Waals surface area (Å²) in [7, 11) is 4.88. The zero-order chi connectivity index (χ0) is 13.5. The second-order valence-corrected chi connectivity index (χ2v) is 4.17. The van der Waals surface area contributed by atoms with E-state index in [-0.39, 0.29) is 12.5 Å². The summed E-state index contributed by atoms with van der Waals surface area (Å²) in [6, 6.07) is 8.25. The number of nitrogens with one attached hydrogen (secondary N) is 1. The third-order valence-electron chi connectivity index (χ3n) is 2.33. The van der Waals surface area contributed by atoms with Crippen LogP contribution in [-0.4, -0.2) is 44.5 Å². The first-order valence-electron chi connectivity index (χ1n) is 5.61. The normalized spacial score (nSPS) is 12.0. The molecule has 0 aromatic heterocycles. The van der Waals surface area contributed by atoms with E-state index in [0.29, 0.717) is 5.56 Å². The number of rotatable bonds is 5. The number of hydrogen-bond donors (Lipinski definition) is 1. The van der Waals surface area contributed by atoms with Gasteiger partial charge in [0.05, 0.1) is 13.7 Å². The summed E-state index contributed by atoms with van der Waals surface area (Å²) in [6.07, 6.45) is 0. The summed E-state index contributed by atoms with van der Waals surface area (Å²) >= 11 is 0. The Kier molecular flexibility index (Phi) is 5.32. The van der Waals surface area contributed by atoms with Crippen LogP contribution in [0.5, 0.6) is 0 Å². The highest BCUT2D eigenvalue weighted by Gasteiger charge is 2.23. The van der Waals surface area contributed by atoms with Crippen molar-refractivity contribution in [3.05, 3.63) is 35.9 Å². The van der Waals surface area contributed by atoms with Crippen LogP contribution < -0.4 is 5.32 Å². The molecule has 1 atom stereocenters. The van der Waals surface area contributed by atoms with Gasteiger partial charge in [0.2, 0.25) is 5.91 Å². The molecular formula is C13H18N2O3. The summed E-state index contributed by atoms with van der Waals surface area (Å²) in [5.41, 5.74) is 0.705. The maximum atomic E-state index is 11.7. The molecule has 1 amide bonds. The SMILES string of the molecule is COC(=O)C(NC(=O)CN(C)C)c1ccccc1. The Balaban J connectivity index is 2.80. The smallest absolute Gasteiger partial charge is 0.333 e. The van der Waals surface area contributed by atoms with Gasteiger partial charge >= 0.3 is 5.97 Å². The van der Waals surface area contributed by atoms with E-state index in [4.69, 9.17) is 4.74 Å². The molecule has 0 bridgehead atoms. The highest BCUT2D eigenvalue weighted by molar-refractivity contribution is 5.86. The van der Waals surface area contributed by atoms with E-state index in [1.165, 1.54) is 7.11 Å². The minimum atomic E-state index is -0.761. The standard InChI is InChI=1S/C13H18N2O3/c1-15(2)9-11(16)14-12(13(17)18-3)10-7-5-4-6-8-10/h4-8,12H,9H2,1-3H3,(H,14,16). The van der Waals surface area contributed by atoms with Crippen LogP contribution in [0.15, 0.2) is 30.3 Å². The van der Waals surface area contributed by atoms with Gasteiger partial charge in [0.25, 0.3) is 0 Å². The van der Waals surface area contributed by atoms with E-state index < -0.39 is 12.0 Å². The van der Waals surface area contributed by atoms with E-state index >= 15 is 0 Å². The number of amides is 1. The molecule has 0 aliphatic rings. The molecule has 1 aromatic carbocycles.